The van der Waals surface area contributed by atoms with Gasteiger partial charge < -0.3 is 28.3 Å². The Hall–Kier alpha value is -0.490. The molecule has 0 aromatic carbocycles. The molecule has 4 rings (SSSR count). The molecule has 0 heterocycles. The summed E-state index contributed by atoms with van der Waals surface area (Å²) in [6.45, 7) is 1.47. The Morgan fingerprint density at radius 1 is 0.810 bits per heavy atom. The predicted molar refractivity (Wildman–Crippen MR) is 85.8 cm³/mol. The molecule has 4 aliphatic carbocycles. The zero-order valence-electron chi connectivity index (χ0n) is 12.9. The van der Waals surface area contributed by atoms with Gasteiger partial charge in [-0.1, -0.05) is 0 Å². The van der Waals surface area contributed by atoms with Crippen molar-refractivity contribution < 1.29 is 0 Å². The van der Waals surface area contributed by atoms with E-state index in [9.17, 15) is 0 Å². The van der Waals surface area contributed by atoms with E-state index in [4.69, 9.17) is 28.3 Å². The second kappa shape index (κ2) is 5.95. The highest BCUT2D eigenvalue weighted by Crippen LogP contribution is 2.48. The van der Waals surface area contributed by atoms with Crippen molar-refractivity contribution in [1.29, 1.82) is 5.41 Å². The minimum Gasteiger partial charge on any atom is -0.330 e. The highest BCUT2D eigenvalue weighted by molar-refractivity contribution is 5.90. The van der Waals surface area contributed by atoms with Crippen LogP contribution in [0.5, 0.6) is 0 Å². The van der Waals surface area contributed by atoms with Crippen molar-refractivity contribution in [3.8, 4) is 0 Å². The minimum atomic E-state index is 0.435. The van der Waals surface area contributed by atoms with Crippen LogP contribution >= 0.6 is 0 Å². The van der Waals surface area contributed by atoms with Crippen LogP contribution in [0.3, 0.4) is 0 Å². The Kier molecular flexibility index (Phi) is 4.37. The predicted octanol–water partition coefficient (Wildman–Crippen LogP) is 0.267. The van der Waals surface area contributed by atoms with E-state index in [1.165, 1.54) is 19.3 Å². The SMILES string of the molecule is N=C1C2CC(CN)C1C(CN)C2.NC1CC2CC1CC2N. The molecular weight excluding hydrogens is 262 g/mol. The van der Waals surface area contributed by atoms with Crippen LogP contribution in [0, 0.1) is 40.9 Å². The molecular formula is C16H31N5. The molecule has 9 N–H and O–H groups in total. The first-order valence-corrected chi connectivity index (χ1v) is 8.54. The first kappa shape index (κ1) is 15.4. The second-order valence-corrected chi connectivity index (χ2v) is 7.70. The van der Waals surface area contributed by atoms with Crippen LogP contribution in [0.25, 0.3) is 0 Å². The van der Waals surface area contributed by atoms with Crippen LogP contribution < -0.4 is 22.9 Å². The highest BCUT2D eigenvalue weighted by atomic mass is 14.8. The van der Waals surface area contributed by atoms with Gasteiger partial charge >= 0.3 is 0 Å². The number of nitrogens with one attached hydrogen (secondary N) is 1. The Balaban J connectivity index is 0.000000131. The summed E-state index contributed by atoms with van der Waals surface area (Å²) in [5, 5.41) is 7.88. The van der Waals surface area contributed by atoms with Crippen molar-refractivity contribution >= 4 is 5.71 Å². The Morgan fingerprint density at radius 2 is 1.29 bits per heavy atom. The van der Waals surface area contributed by atoms with Crippen molar-refractivity contribution in [2.75, 3.05) is 13.1 Å². The maximum atomic E-state index is 7.88. The van der Waals surface area contributed by atoms with Gasteiger partial charge in [0, 0.05) is 23.7 Å². The Labute approximate surface area is 127 Å². The van der Waals surface area contributed by atoms with Crippen molar-refractivity contribution in [2.45, 2.75) is 44.2 Å². The van der Waals surface area contributed by atoms with Crippen LogP contribution in [0.1, 0.15) is 32.1 Å². The topological polar surface area (TPSA) is 128 Å². The van der Waals surface area contributed by atoms with E-state index in [-0.39, 0.29) is 0 Å². The van der Waals surface area contributed by atoms with Crippen LogP contribution in [-0.4, -0.2) is 30.9 Å². The third kappa shape index (κ3) is 2.65. The normalized spacial score (nSPS) is 50.4. The molecule has 5 heteroatoms. The van der Waals surface area contributed by atoms with Gasteiger partial charge in [0.05, 0.1) is 0 Å². The summed E-state index contributed by atoms with van der Waals surface area (Å²) < 4.78 is 0. The molecule has 0 radical (unpaired) electrons. The number of hydrogen-bond acceptors (Lipinski definition) is 5. The van der Waals surface area contributed by atoms with E-state index in [1.807, 2.05) is 0 Å². The summed E-state index contributed by atoms with van der Waals surface area (Å²) in [4.78, 5) is 0. The molecule has 5 nitrogen and oxygen atoms in total. The molecule has 4 aliphatic rings. The largest absolute Gasteiger partial charge is 0.330 e. The summed E-state index contributed by atoms with van der Waals surface area (Å²) in [6.07, 6.45) is 5.98. The van der Waals surface area contributed by atoms with Crippen molar-refractivity contribution in [1.82, 2.24) is 0 Å². The smallest absolute Gasteiger partial charge is 0.0158 e. The fourth-order valence-electron chi connectivity index (χ4n) is 5.39. The number of nitrogens with two attached hydrogens (primary N) is 4. The van der Waals surface area contributed by atoms with E-state index in [1.54, 1.807) is 0 Å². The number of fused-ring (bicyclic) bond motifs is 4. The van der Waals surface area contributed by atoms with Gasteiger partial charge in [0.15, 0.2) is 0 Å². The maximum absolute atomic E-state index is 7.88. The van der Waals surface area contributed by atoms with Gasteiger partial charge in [-0.25, -0.2) is 0 Å². The molecule has 0 aliphatic heterocycles. The average Bonchev–Trinajstić information content (AvgIpc) is 3.19. The summed E-state index contributed by atoms with van der Waals surface area (Å²) in [6, 6.07) is 0.963. The van der Waals surface area contributed by atoms with Gasteiger partial charge in [0.2, 0.25) is 0 Å². The lowest BCUT2D eigenvalue weighted by Gasteiger charge is -2.26. The van der Waals surface area contributed by atoms with Crippen LogP contribution in [0.2, 0.25) is 0 Å². The summed E-state index contributed by atoms with van der Waals surface area (Å²) in [5.41, 5.74) is 23.9. The molecule has 0 aromatic rings. The van der Waals surface area contributed by atoms with Crippen molar-refractivity contribution in [2.24, 2.45) is 58.4 Å². The van der Waals surface area contributed by atoms with E-state index >= 15 is 0 Å². The summed E-state index contributed by atoms with van der Waals surface area (Å²) >= 11 is 0. The number of rotatable bonds is 2. The van der Waals surface area contributed by atoms with Gasteiger partial charge in [0.25, 0.3) is 0 Å². The Bertz CT molecular complexity index is 366. The highest BCUT2D eigenvalue weighted by Gasteiger charge is 2.49. The third-order valence-corrected chi connectivity index (χ3v) is 6.56. The lowest BCUT2D eigenvalue weighted by Crippen LogP contribution is -2.35. The molecule has 6 atom stereocenters. The van der Waals surface area contributed by atoms with Gasteiger partial charge in [-0.05, 0) is 74.8 Å². The zero-order chi connectivity index (χ0) is 15.1. The maximum Gasteiger partial charge on any atom is 0.0158 e. The first-order chi connectivity index (χ1) is 10.0. The van der Waals surface area contributed by atoms with E-state index < -0.39 is 0 Å². The monoisotopic (exact) mass is 293 g/mol. The van der Waals surface area contributed by atoms with Gasteiger partial charge in [-0.15, -0.1) is 0 Å². The molecule has 4 bridgehead atoms. The zero-order valence-corrected chi connectivity index (χ0v) is 12.9. The van der Waals surface area contributed by atoms with E-state index in [0.717, 1.165) is 43.5 Å². The fraction of sp³-hybridized carbons (Fsp3) is 0.938. The molecule has 4 saturated carbocycles. The minimum absolute atomic E-state index is 0.435. The molecule has 0 amide bonds. The quantitative estimate of drug-likeness (QED) is 0.500. The Morgan fingerprint density at radius 3 is 1.57 bits per heavy atom. The molecule has 4 fully saturated rings. The van der Waals surface area contributed by atoms with Crippen LogP contribution in [-0.2, 0) is 0 Å². The third-order valence-electron chi connectivity index (χ3n) is 6.56. The fourth-order valence-corrected chi connectivity index (χ4v) is 5.39. The van der Waals surface area contributed by atoms with Gasteiger partial charge in [-0.3, -0.25) is 0 Å². The standard InChI is InChI=1S/C9H17N3.C7H14N2/c10-3-6-1-5-2-7(4-11)8(6)9(5)12;8-6-2-4-1-5(6)3-7(4)9/h5-8,12H,1-4,10-11H2;4-7H,1-3,8-9H2. The van der Waals surface area contributed by atoms with E-state index in [2.05, 4.69) is 0 Å². The van der Waals surface area contributed by atoms with E-state index in [0.29, 0.717) is 35.8 Å². The molecule has 21 heavy (non-hydrogen) atoms. The first-order valence-electron chi connectivity index (χ1n) is 8.54. The lowest BCUT2D eigenvalue weighted by atomic mass is 9.80. The molecule has 0 spiro atoms. The van der Waals surface area contributed by atoms with Crippen LogP contribution in [0.4, 0.5) is 0 Å². The van der Waals surface area contributed by atoms with Crippen molar-refractivity contribution in [3.63, 3.8) is 0 Å². The lowest BCUT2D eigenvalue weighted by molar-refractivity contribution is 0.256. The average molecular weight is 293 g/mol. The summed E-state index contributed by atoms with van der Waals surface area (Å²) in [5.74, 6) is 3.62. The summed E-state index contributed by atoms with van der Waals surface area (Å²) in [7, 11) is 0. The van der Waals surface area contributed by atoms with Crippen molar-refractivity contribution in [3.05, 3.63) is 0 Å². The molecule has 0 aromatic heterocycles. The molecule has 120 valence electrons. The van der Waals surface area contributed by atoms with Crippen LogP contribution in [0.15, 0.2) is 0 Å². The molecule has 6 unspecified atom stereocenters. The second-order valence-electron chi connectivity index (χ2n) is 7.70. The molecule has 0 saturated heterocycles. The van der Waals surface area contributed by atoms with Gasteiger partial charge in [0.1, 0.15) is 0 Å². The number of hydrogen-bond donors (Lipinski definition) is 5. The van der Waals surface area contributed by atoms with Gasteiger partial charge in [-0.2, -0.15) is 0 Å².